The third-order valence-corrected chi connectivity index (χ3v) is 0. The maximum Gasteiger partial charge on any atom is 0.503 e. The molecule has 0 aromatic rings. The van der Waals surface area contributed by atoms with Gasteiger partial charge >= 0.3 is 6.16 Å². The van der Waals surface area contributed by atoms with E-state index in [-0.39, 0.29) is 0 Å². The lowest BCUT2D eigenvalue weighted by molar-refractivity contribution is -0.465. The fourth-order valence-electron chi connectivity index (χ4n) is 0. The van der Waals surface area contributed by atoms with Crippen LogP contribution in [0.25, 0.3) is 0 Å². The molecule has 0 aliphatic carbocycles. The smallest absolute Gasteiger partial charge is 0.450 e. The second-order valence-corrected chi connectivity index (χ2v) is 0.364. The molecule has 0 spiro atoms. The molecule has 0 unspecified atom stereocenters. The van der Waals surface area contributed by atoms with Gasteiger partial charge in [-0.1, -0.05) is 5.04 Å². The van der Waals surface area contributed by atoms with Crippen LogP contribution in [-0.2, 0) is 5.04 Å². The van der Waals surface area contributed by atoms with E-state index in [2.05, 4.69) is 5.04 Å². The Labute approximate surface area is 38.1 Å². The first-order chi connectivity index (χ1) is 3.15. The van der Waals surface area contributed by atoms with Gasteiger partial charge in [-0.3, -0.25) is 0 Å². The van der Waals surface area contributed by atoms with Gasteiger partial charge in [0.15, 0.2) is 0 Å². The summed E-state index contributed by atoms with van der Waals surface area (Å²) in [5.74, 6) is 0. The highest BCUT2D eigenvalue weighted by molar-refractivity contribution is 5.53. The Hall–Kier alpha value is -0.850. The molecule has 0 heterocycles. The summed E-state index contributed by atoms with van der Waals surface area (Å²) < 4.78 is 0. The van der Waals surface area contributed by atoms with Crippen molar-refractivity contribution in [2.24, 2.45) is 0 Å². The molecule has 44 valence electrons. The number of carboxylic acid groups (broad SMARTS) is 2. The zero-order chi connectivity index (χ0) is 6.28. The first-order valence-corrected chi connectivity index (χ1v) is 1.02. The molecule has 0 rings (SSSR count). The Morgan fingerprint density at radius 1 is 1.29 bits per heavy atom. The summed E-state index contributed by atoms with van der Waals surface area (Å²) in [5, 5.41) is 29.4. The predicted molar refractivity (Wildman–Crippen MR) is 17.0 cm³/mol. The van der Waals surface area contributed by atoms with E-state index >= 15 is 0 Å². The Bertz CT molecular complexity index is 35.4. The molecule has 0 aliphatic heterocycles. The molecule has 0 bridgehead atoms. The lowest BCUT2D eigenvalue weighted by Crippen LogP contribution is -1.81. The van der Waals surface area contributed by atoms with Crippen LogP contribution in [0.5, 0.6) is 0 Å². The van der Waals surface area contributed by atoms with Gasteiger partial charge in [0.25, 0.3) is 0 Å². The third kappa shape index (κ3) is 70.7. The fraction of sp³-hybridized carbons (Fsp3) is 0. The second kappa shape index (κ2) is 8.94. The van der Waals surface area contributed by atoms with Crippen LogP contribution in [0, 0.1) is 0 Å². The monoisotopic (exact) mass is 112 g/mol. The quantitative estimate of drug-likeness (QED) is 0.263. The van der Waals surface area contributed by atoms with Gasteiger partial charge in [-0.05, 0) is 0 Å². The Morgan fingerprint density at radius 3 is 1.29 bits per heavy atom. The van der Waals surface area contributed by atoms with E-state index in [4.69, 9.17) is 25.5 Å². The molecule has 0 saturated carbocycles. The van der Waals surface area contributed by atoms with Gasteiger partial charge in [0, 0.05) is 0 Å². The van der Waals surface area contributed by atoms with Crippen LogP contribution < -0.4 is 0 Å². The van der Waals surface area contributed by atoms with Gasteiger partial charge in [-0.25, -0.2) is 15.3 Å². The van der Waals surface area contributed by atoms with E-state index in [9.17, 15) is 0 Å². The van der Waals surface area contributed by atoms with Crippen molar-refractivity contribution in [1.29, 1.82) is 0 Å². The predicted octanol–water partition coefficient (Wildman–Crippen LogP) is 0.171. The third-order valence-electron chi connectivity index (χ3n) is 0. The summed E-state index contributed by atoms with van der Waals surface area (Å²) in [5.41, 5.74) is 0. The van der Waals surface area contributed by atoms with E-state index < -0.39 is 6.16 Å². The molecule has 0 amide bonds. The summed E-state index contributed by atoms with van der Waals surface area (Å²) in [6, 6.07) is 0. The van der Waals surface area contributed by atoms with Gasteiger partial charge in [-0.2, -0.15) is 0 Å². The zero-order valence-electron chi connectivity index (χ0n) is 3.11. The summed E-state index contributed by atoms with van der Waals surface area (Å²) >= 11 is 0. The lowest BCUT2D eigenvalue weighted by atomic mass is 11.5. The van der Waals surface area contributed by atoms with E-state index in [1.165, 1.54) is 0 Å². The van der Waals surface area contributed by atoms with Crippen molar-refractivity contribution in [1.82, 2.24) is 0 Å². The van der Waals surface area contributed by atoms with E-state index in [0.29, 0.717) is 0 Å². The van der Waals surface area contributed by atoms with Gasteiger partial charge < -0.3 is 10.2 Å². The molecule has 0 aromatic carbocycles. The molecule has 0 aliphatic rings. The van der Waals surface area contributed by atoms with Crippen LogP contribution in [0.2, 0.25) is 0 Å². The second-order valence-electron chi connectivity index (χ2n) is 0.364. The van der Waals surface area contributed by atoms with Crippen LogP contribution >= 0.6 is 0 Å². The summed E-state index contributed by atoms with van der Waals surface area (Å²) in [6.07, 6.45) is -1.83. The summed E-state index contributed by atoms with van der Waals surface area (Å²) in [4.78, 5) is 8.56. The average molecular weight is 112 g/mol. The van der Waals surface area contributed by atoms with E-state index in [1.807, 2.05) is 0 Å². The van der Waals surface area contributed by atoms with E-state index in [0.717, 1.165) is 0 Å². The van der Waals surface area contributed by atoms with Crippen molar-refractivity contribution in [3.63, 3.8) is 0 Å². The maximum absolute atomic E-state index is 8.56. The fourth-order valence-corrected chi connectivity index (χ4v) is 0. The first-order valence-electron chi connectivity index (χ1n) is 1.02. The highest BCUT2D eigenvalue weighted by Gasteiger charge is 1.70. The molecule has 0 saturated heterocycles. The SMILES string of the molecule is O=C(O)O.OOO. The minimum absolute atomic E-state index is 1.83. The van der Waals surface area contributed by atoms with Crippen LogP contribution in [0.1, 0.15) is 0 Å². The molecule has 0 radical (unpaired) electrons. The largest absolute Gasteiger partial charge is 0.503 e. The van der Waals surface area contributed by atoms with Crippen molar-refractivity contribution in [2.45, 2.75) is 0 Å². The highest BCUT2D eigenvalue weighted by atomic mass is 17.4. The van der Waals surface area contributed by atoms with Crippen molar-refractivity contribution in [3.8, 4) is 0 Å². The maximum atomic E-state index is 8.56. The molecule has 6 heteroatoms. The van der Waals surface area contributed by atoms with E-state index in [1.54, 1.807) is 0 Å². The molecule has 4 N–H and O–H groups in total. The van der Waals surface area contributed by atoms with Crippen LogP contribution in [0.4, 0.5) is 4.79 Å². The number of carbonyl (C=O) groups is 1. The lowest BCUT2D eigenvalue weighted by Gasteiger charge is -1.60. The van der Waals surface area contributed by atoms with Crippen molar-refractivity contribution in [3.05, 3.63) is 0 Å². The van der Waals surface area contributed by atoms with Crippen molar-refractivity contribution < 1.29 is 30.6 Å². The first kappa shape index (κ1) is 9.47. The van der Waals surface area contributed by atoms with Gasteiger partial charge in [0.05, 0.1) is 0 Å². The summed E-state index contributed by atoms with van der Waals surface area (Å²) in [7, 11) is 0. The Kier molecular flexibility index (Phi) is 12.1. The van der Waals surface area contributed by atoms with Gasteiger partial charge in [0.2, 0.25) is 0 Å². The Balaban J connectivity index is 0. The standard InChI is InChI=1S/CH2O3.H2O3/c2-1(3)4;1-3-2/h(H2,2,3,4);1-2H. The van der Waals surface area contributed by atoms with Crippen LogP contribution in [0.3, 0.4) is 0 Å². The van der Waals surface area contributed by atoms with Crippen molar-refractivity contribution >= 4 is 6.16 Å². The topological polar surface area (TPSA) is 107 Å². The number of hydrogen-bond donors (Lipinski definition) is 4. The number of rotatable bonds is 0. The zero-order valence-corrected chi connectivity index (χ0v) is 3.11. The molecular formula is CH4O6. The summed E-state index contributed by atoms with van der Waals surface area (Å²) in [6.45, 7) is 0. The minimum atomic E-state index is -1.83. The molecule has 0 aromatic heterocycles. The molecular weight excluding hydrogens is 108 g/mol. The van der Waals surface area contributed by atoms with Gasteiger partial charge in [-0.15, -0.1) is 0 Å². The molecule has 0 fully saturated rings. The number of hydrogen-bond acceptors (Lipinski definition) is 4. The minimum Gasteiger partial charge on any atom is -0.450 e. The van der Waals surface area contributed by atoms with Crippen LogP contribution in [0.15, 0.2) is 0 Å². The van der Waals surface area contributed by atoms with Gasteiger partial charge in [0.1, 0.15) is 0 Å². The Morgan fingerprint density at radius 2 is 1.29 bits per heavy atom. The average Bonchev–Trinajstić information content (AvgIpc) is 1.33. The van der Waals surface area contributed by atoms with Crippen molar-refractivity contribution in [2.75, 3.05) is 0 Å². The normalized spacial score (nSPS) is 6.00. The van der Waals surface area contributed by atoms with Crippen LogP contribution in [-0.4, -0.2) is 26.9 Å². The highest BCUT2D eigenvalue weighted by Crippen LogP contribution is 1.42. The molecule has 6 nitrogen and oxygen atoms in total. The molecule has 0 atom stereocenters. The molecule has 7 heavy (non-hydrogen) atoms.